The van der Waals surface area contributed by atoms with Crippen LogP contribution in [-0.2, 0) is 18.4 Å². The monoisotopic (exact) mass is 225 g/mol. The van der Waals surface area contributed by atoms with E-state index in [9.17, 15) is 4.79 Å². The van der Waals surface area contributed by atoms with Gasteiger partial charge in [-0.2, -0.15) is 0 Å². The lowest BCUT2D eigenvalue weighted by Gasteiger charge is -2.13. The summed E-state index contributed by atoms with van der Waals surface area (Å²) >= 11 is 0. The number of aryl methyl sites for hydroxylation is 1. The van der Waals surface area contributed by atoms with Crippen LogP contribution in [0.25, 0.3) is 0 Å². The molecule has 0 aliphatic rings. The third-order valence-corrected chi connectivity index (χ3v) is 2.34. The van der Waals surface area contributed by atoms with Crippen molar-refractivity contribution < 1.29 is 4.79 Å². The molecule has 0 fully saturated rings. The summed E-state index contributed by atoms with van der Waals surface area (Å²) in [5, 5.41) is 13.5. The van der Waals surface area contributed by atoms with Gasteiger partial charge in [0.05, 0.1) is 17.9 Å². The molecule has 0 aromatic carbocycles. The molecule has 1 rings (SSSR count). The van der Waals surface area contributed by atoms with Gasteiger partial charge in [0.2, 0.25) is 5.91 Å². The summed E-state index contributed by atoms with van der Waals surface area (Å²) in [7, 11) is 1.83. The highest BCUT2D eigenvalue weighted by Gasteiger charge is 2.11. The third kappa shape index (κ3) is 3.62. The number of hydrogen-bond donors (Lipinski definition) is 2. The highest BCUT2D eigenvalue weighted by molar-refractivity contribution is 5.81. The van der Waals surface area contributed by atoms with Gasteiger partial charge in [0, 0.05) is 20.1 Å². The molecule has 90 valence electrons. The van der Waals surface area contributed by atoms with E-state index < -0.39 is 0 Å². The number of nitrogens with one attached hydrogen (secondary N) is 2. The molecule has 1 aromatic heterocycles. The van der Waals surface area contributed by atoms with Gasteiger partial charge >= 0.3 is 0 Å². The Labute approximate surface area is 95.4 Å². The van der Waals surface area contributed by atoms with Gasteiger partial charge in [-0.05, 0) is 13.3 Å². The minimum absolute atomic E-state index is 0.0250. The van der Waals surface area contributed by atoms with E-state index in [0.717, 1.165) is 18.7 Å². The van der Waals surface area contributed by atoms with Gasteiger partial charge in [-0.1, -0.05) is 12.1 Å². The molecule has 1 unspecified atom stereocenters. The Balaban J connectivity index is 2.32. The predicted octanol–water partition coefficient (Wildman–Crippen LogP) is -0.181. The van der Waals surface area contributed by atoms with Crippen molar-refractivity contribution >= 4 is 5.91 Å². The van der Waals surface area contributed by atoms with Crippen LogP contribution in [0.1, 0.15) is 26.0 Å². The normalized spacial score (nSPS) is 12.4. The average molecular weight is 225 g/mol. The van der Waals surface area contributed by atoms with E-state index in [2.05, 4.69) is 20.9 Å². The first kappa shape index (κ1) is 12.6. The number of carbonyl (C=O) groups is 1. The lowest BCUT2D eigenvalue weighted by Crippen LogP contribution is -2.42. The molecule has 0 saturated heterocycles. The second kappa shape index (κ2) is 6.22. The quantitative estimate of drug-likeness (QED) is 0.704. The van der Waals surface area contributed by atoms with E-state index in [0.29, 0.717) is 6.54 Å². The highest BCUT2D eigenvalue weighted by atomic mass is 16.2. The van der Waals surface area contributed by atoms with Crippen molar-refractivity contribution in [3.05, 3.63) is 11.9 Å². The van der Waals surface area contributed by atoms with Gasteiger partial charge in [-0.3, -0.25) is 9.48 Å². The fourth-order valence-corrected chi connectivity index (χ4v) is 1.22. The van der Waals surface area contributed by atoms with Crippen molar-refractivity contribution in [2.24, 2.45) is 7.05 Å². The Morgan fingerprint density at radius 3 is 2.94 bits per heavy atom. The zero-order chi connectivity index (χ0) is 12.0. The molecule has 1 atom stereocenters. The summed E-state index contributed by atoms with van der Waals surface area (Å²) in [5.41, 5.74) is 0.954. The molecule has 0 aliphatic carbocycles. The van der Waals surface area contributed by atoms with Crippen LogP contribution in [0.15, 0.2) is 6.20 Å². The van der Waals surface area contributed by atoms with Crippen molar-refractivity contribution in [1.29, 1.82) is 0 Å². The van der Waals surface area contributed by atoms with Gasteiger partial charge in [0.15, 0.2) is 0 Å². The van der Waals surface area contributed by atoms with Crippen LogP contribution in [-0.4, -0.2) is 33.5 Å². The van der Waals surface area contributed by atoms with Crippen LogP contribution in [0.5, 0.6) is 0 Å². The van der Waals surface area contributed by atoms with E-state index in [1.807, 2.05) is 20.9 Å². The van der Waals surface area contributed by atoms with Crippen molar-refractivity contribution in [3.63, 3.8) is 0 Å². The zero-order valence-electron chi connectivity index (χ0n) is 10.0. The summed E-state index contributed by atoms with van der Waals surface area (Å²) in [6.07, 6.45) is 2.63. The predicted molar refractivity (Wildman–Crippen MR) is 60.6 cm³/mol. The lowest BCUT2D eigenvalue weighted by molar-refractivity contribution is -0.122. The molecule has 0 aliphatic heterocycles. The highest BCUT2D eigenvalue weighted by Crippen LogP contribution is 1.93. The fourth-order valence-electron chi connectivity index (χ4n) is 1.22. The molecule has 1 aromatic rings. The van der Waals surface area contributed by atoms with Crippen molar-refractivity contribution in [2.45, 2.75) is 32.9 Å². The number of rotatable bonds is 6. The largest absolute Gasteiger partial charge is 0.355 e. The second-order valence-corrected chi connectivity index (χ2v) is 3.74. The molecule has 6 heteroatoms. The molecule has 1 amide bonds. The number of amides is 1. The SMILES string of the molecule is CCCNC(=O)C(C)NCc1cnnn1C. The van der Waals surface area contributed by atoms with E-state index in [-0.39, 0.29) is 11.9 Å². The Morgan fingerprint density at radius 1 is 1.62 bits per heavy atom. The van der Waals surface area contributed by atoms with Crippen LogP contribution in [0.4, 0.5) is 0 Å². The maximum atomic E-state index is 11.5. The van der Waals surface area contributed by atoms with Gasteiger partial charge in [0.25, 0.3) is 0 Å². The van der Waals surface area contributed by atoms with Crippen LogP contribution < -0.4 is 10.6 Å². The third-order valence-electron chi connectivity index (χ3n) is 2.34. The second-order valence-electron chi connectivity index (χ2n) is 3.74. The molecule has 0 spiro atoms. The molecular formula is C10H19N5O. The maximum Gasteiger partial charge on any atom is 0.236 e. The van der Waals surface area contributed by atoms with E-state index in [1.54, 1.807) is 10.9 Å². The summed E-state index contributed by atoms with van der Waals surface area (Å²) in [6.45, 7) is 5.18. The minimum atomic E-state index is -0.207. The first-order chi connectivity index (χ1) is 7.65. The van der Waals surface area contributed by atoms with Gasteiger partial charge in [-0.25, -0.2) is 0 Å². The van der Waals surface area contributed by atoms with E-state index in [4.69, 9.17) is 0 Å². The molecule has 0 radical (unpaired) electrons. The topological polar surface area (TPSA) is 71.8 Å². The van der Waals surface area contributed by atoms with Gasteiger partial charge in [0.1, 0.15) is 0 Å². The number of carbonyl (C=O) groups excluding carboxylic acids is 1. The average Bonchev–Trinajstić information content (AvgIpc) is 2.68. The van der Waals surface area contributed by atoms with Gasteiger partial charge < -0.3 is 10.6 Å². The smallest absolute Gasteiger partial charge is 0.236 e. The number of hydrogen-bond acceptors (Lipinski definition) is 4. The Bertz CT molecular complexity index is 336. The zero-order valence-corrected chi connectivity index (χ0v) is 10.0. The molecule has 1 heterocycles. The molecule has 2 N–H and O–H groups in total. The maximum absolute atomic E-state index is 11.5. The van der Waals surface area contributed by atoms with Crippen LogP contribution in [0.3, 0.4) is 0 Å². The van der Waals surface area contributed by atoms with Crippen LogP contribution in [0, 0.1) is 0 Å². The van der Waals surface area contributed by atoms with Crippen molar-refractivity contribution in [3.8, 4) is 0 Å². The minimum Gasteiger partial charge on any atom is -0.355 e. The first-order valence-electron chi connectivity index (χ1n) is 5.49. The van der Waals surface area contributed by atoms with E-state index in [1.165, 1.54) is 0 Å². The van der Waals surface area contributed by atoms with Crippen LogP contribution in [0.2, 0.25) is 0 Å². The summed E-state index contributed by atoms with van der Waals surface area (Å²) in [6, 6.07) is -0.207. The molecule has 16 heavy (non-hydrogen) atoms. The summed E-state index contributed by atoms with van der Waals surface area (Å²) in [5.74, 6) is 0.0250. The summed E-state index contributed by atoms with van der Waals surface area (Å²) in [4.78, 5) is 11.5. The number of aromatic nitrogens is 3. The lowest BCUT2D eigenvalue weighted by atomic mass is 10.3. The van der Waals surface area contributed by atoms with Crippen molar-refractivity contribution in [2.75, 3.05) is 6.54 Å². The molecule has 6 nitrogen and oxygen atoms in total. The molecular weight excluding hydrogens is 206 g/mol. The number of nitrogens with zero attached hydrogens (tertiary/aromatic N) is 3. The van der Waals surface area contributed by atoms with E-state index >= 15 is 0 Å². The summed E-state index contributed by atoms with van der Waals surface area (Å²) < 4.78 is 1.68. The van der Waals surface area contributed by atoms with Crippen LogP contribution >= 0.6 is 0 Å². The van der Waals surface area contributed by atoms with Crippen molar-refractivity contribution in [1.82, 2.24) is 25.6 Å². The fraction of sp³-hybridized carbons (Fsp3) is 0.700. The standard InChI is InChI=1S/C10H19N5O/c1-4-5-11-10(16)8(2)12-6-9-7-13-14-15(9)3/h7-8,12H,4-6H2,1-3H3,(H,11,16). The Morgan fingerprint density at radius 2 is 2.38 bits per heavy atom. The molecule has 0 saturated carbocycles. The molecule has 0 bridgehead atoms. The Hall–Kier alpha value is -1.43. The van der Waals surface area contributed by atoms with Gasteiger partial charge in [-0.15, -0.1) is 5.10 Å². The Kier molecular flexibility index (Phi) is 4.91. The first-order valence-corrected chi connectivity index (χ1v) is 5.49.